The molecule has 2 aliphatic heterocycles. The van der Waals surface area contributed by atoms with Crippen molar-refractivity contribution in [1.29, 1.82) is 0 Å². The molecule has 0 amide bonds. The number of nitrogens with two attached hydrogens (primary N) is 1. The van der Waals surface area contributed by atoms with Gasteiger partial charge in [0.25, 0.3) is 0 Å². The molecular formula is C24H33N5O2. The lowest BCUT2D eigenvalue weighted by Gasteiger charge is -2.24. The van der Waals surface area contributed by atoms with Crippen LogP contribution in [0.4, 0.5) is 0 Å². The molecule has 1 fully saturated rings. The highest BCUT2D eigenvalue weighted by molar-refractivity contribution is 5.47. The molecule has 2 aliphatic rings. The summed E-state index contributed by atoms with van der Waals surface area (Å²) in [5.74, 6) is 0. The van der Waals surface area contributed by atoms with Crippen LogP contribution in [-0.4, -0.2) is 42.7 Å². The smallest absolute Gasteiger partial charge is 0.116 e. The van der Waals surface area contributed by atoms with Gasteiger partial charge in [-0.1, -0.05) is 43.5 Å². The predicted octanol–water partition coefficient (Wildman–Crippen LogP) is 3.49. The van der Waals surface area contributed by atoms with Crippen molar-refractivity contribution in [1.82, 2.24) is 15.7 Å². The first-order valence-electron chi connectivity index (χ1n) is 10.3. The highest BCUT2D eigenvalue weighted by atomic mass is 16.7. The number of nitrogens with one attached hydrogen (secondary N) is 2. The van der Waals surface area contributed by atoms with Crippen LogP contribution >= 0.6 is 0 Å². The zero-order chi connectivity index (χ0) is 22.5. The van der Waals surface area contributed by atoms with Crippen LogP contribution in [-0.2, 0) is 4.84 Å². The Morgan fingerprint density at radius 1 is 1.42 bits per heavy atom. The Labute approximate surface area is 185 Å². The lowest BCUT2D eigenvalue weighted by Crippen LogP contribution is -2.39. The maximum atomic E-state index is 9.80. The number of nitrogens with zero attached hydrogens (tertiary/aromatic N) is 2. The molecule has 7 nitrogen and oxygen atoms in total. The van der Waals surface area contributed by atoms with E-state index >= 15 is 0 Å². The summed E-state index contributed by atoms with van der Waals surface area (Å²) in [5.41, 5.74) is 9.56. The van der Waals surface area contributed by atoms with Crippen LogP contribution < -0.4 is 16.4 Å². The Balaban J connectivity index is 1.98. The number of allylic oxidation sites excluding steroid dienone is 7. The summed E-state index contributed by atoms with van der Waals surface area (Å²) < 4.78 is 0. The van der Waals surface area contributed by atoms with Gasteiger partial charge in [0.1, 0.15) is 6.73 Å². The Morgan fingerprint density at radius 3 is 2.97 bits per heavy atom. The second kappa shape index (κ2) is 13.2. The number of aliphatic hydroxyl groups is 1. The lowest BCUT2D eigenvalue weighted by molar-refractivity contribution is -0.165. The van der Waals surface area contributed by atoms with Crippen molar-refractivity contribution in [2.45, 2.75) is 25.3 Å². The van der Waals surface area contributed by atoms with Crippen LogP contribution in [0.25, 0.3) is 0 Å². The minimum atomic E-state index is 0.158. The largest absolute Gasteiger partial charge is 0.515 e. The van der Waals surface area contributed by atoms with Crippen LogP contribution in [0.2, 0.25) is 0 Å². The van der Waals surface area contributed by atoms with Crippen molar-refractivity contribution in [3.63, 3.8) is 0 Å². The third-order valence-corrected chi connectivity index (χ3v) is 4.94. The van der Waals surface area contributed by atoms with Gasteiger partial charge in [-0.2, -0.15) is 5.06 Å². The van der Waals surface area contributed by atoms with Crippen molar-refractivity contribution in [3.8, 4) is 0 Å². The van der Waals surface area contributed by atoms with Gasteiger partial charge in [-0.15, -0.1) is 0 Å². The van der Waals surface area contributed by atoms with E-state index in [0.717, 1.165) is 49.0 Å². The van der Waals surface area contributed by atoms with Gasteiger partial charge in [-0.05, 0) is 37.3 Å². The molecule has 1 unspecified atom stereocenters. The topological polar surface area (TPSA) is 95.1 Å². The molecule has 0 saturated carbocycles. The first kappa shape index (κ1) is 24.1. The number of rotatable bonds is 12. The Hall–Kier alpha value is -3.13. The summed E-state index contributed by atoms with van der Waals surface area (Å²) in [5, 5.41) is 18.4. The second-order valence-corrected chi connectivity index (χ2v) is 7.04. The average molecular weight is 424 g/mol. The van der Waals surface area contributed by atoms with Gasteiger partial charge in [-0.25, -0.2) is 0 Å². The molecule has 166 valence electrons. The van der Waals surface area contributed by atoms with Crippen LogP contribution in [0, 0.1) is 0 Å². The van der Waals surface area contributed by atoms with Gasteiger partial charge in [0, 0.05) is 42.7 Å². The molecule has 1 saturated heterocycles. The Morgan fingerprint density at radius 2 is 2.26 bits per heavy atom. The summed E-state index contributed by atoms with van der Waals surface area (Å²) in [6.45, 7) is 13.0. The third-order valence-electron chi connectivity index (χ3n) is 4.94. The van der Waals surface area contributed by atoms with Gasteiger partial charge in [-0.3, -0.25) is 9.83 Å². The van der Waals surface area contributed by atoms with E-state index in [1.165, 1.54) is 0 Å². The van der Waals surface area contributed by atoms with E-state index < -0.39 is 0 Å². The molecule has 7 heteroatoms. The SMILES string of the molecule is C=C/C=C\C=C1/CC=C(C(=C)\C=C/C(=C\O)C(=C/N=C)/NCC2CCCN2OCN)N1. The summed E-state index contributed by atoms with van der Waals surface area (Å²) >= 11 is 0. The molecular weight excluding hydrogens is 390 g/mol. The van der Waals surface area contributed by atoms with E-state index in [4.69, 9.17) is 10.6 Å². The number of hydrogen-bond acceptors (Lipinski definition) is 7. The zero-order valence-electron chi connectivity index (χ0n) is 18.0. The first-order chi connectivity index (χ1) is 15.1. The maximum absolute atomic E-state index is 9.80. The second-order valence-electron chi connectivity index (χ2n) is 7.04. The van der Waals surface area contributed by atoms with Gasteiger partial charge in [0.05, 0.1) is 18.0 Å². The summed E-state index contributed by atoms with van der Waals surface area (Å²) in [6.07, 6.45) is 18.7. The van der Waals surface area contributed by atoms with E-state index in [-0.39, 0.29) is 12.8 Å². The van der Waals surface area contributed by atoms with E-state index in [2.05, 4.69) is 41.6 Å². The van der Waals surface area contributed by atoms with E-state index in [0.29, 0.717) is 17.8 Å². The van der Waals surface area contributed by atoms with Gasteiger partial charge in [0.2, 0.25) is 0 Å². The fourth-order valence-corrected chi connectivity index (χ4v) is 3.36. The number of hydroxylamine groups is 2. The molecule has 31 heavy (non-hydrogen) atoms. The molecule has 0 aromatic heterocycles. The van der Waals surface area contributed by atoms with Gasteiger partial charge >= 0.3 is 0 Å². The fourth-order valence-electron chi connectivity index (χ4n) is 3.36. The molecule has 5 N–H and O–H groups in total. The van der Waals surface area contributed by atoms with Crippen molar-refractivity contribution >= 4 is 6.72 Å². The highest BCUT2D eigenvalue weighted by Crippen LogP contribution is 2.21. The standard InChI is InChI=1S/C24H33N5O2/c1-4-5-6-8-21-12-13-23(28-21)19(2)10-11-20(17-30)24(16-26-3)27-15-22-9-7-14-29(22)31-18-25/h4-6,8,10-11,13,16-17,22,27-28,30H,1-3,7,9,12,14-15,18,25H2/b6-5-,11-10-,20-17+,21-8+,24-16-. The van der Waals surface area contributed by atoms with Crippen LogP contribution in [0.1, 0.15) is 19.3 Å². The van der Waals surface area contributed by atoms with Crippen LogP contribution in [0.5, 0.6) is 0 Å². The zero-order valence-corrected chi connectivity index (χ0v) is 18.0. The highest BCUT2D eigenvalue weighted by Gasteiger charge is 2.25. The Kier molecular flexibility index (Phi) is 10.3. The molecule has 0 aromatic carbocycles. The van der Waals surface area contributed by atoms with Crippen molar-refractivity contribution in [2.24, 2.45) is 10.7 Å². The molecule has 2 heterocycles. The number of hydrogen-bond donors (Lipinski definition) is 4. The molecule has 0 spiro atoms. The number of aliphatic imine (C=N–C) groups is 1. The van der Waals surface area contributed by atoms with E-state index in [1.54, 1.807) is 18.4 Å². The summed E-state index contributed by atoms with van der Waals surface area (Å²) in [6, 6.07) is 0.198. The molecule has 0 aliphatic carbocycles. The minimum Gasteiger partial charge on any atom is -0.515 e. The molecule has 2 rings (SSSR count). The molecule has 0 aromatic rings. The van der Waals surface area contributed by atoms with Gasteiger partial charge < -0.3 is 21.5 Å². The van der Waals surface area contributed by atoms with Crippen LogP contribution in [0.15, 0.2) is 101 Å². The quantitative estimate of drug-likeness (QED) is 0.166. The van der Waals surface area contributed by atoms with Crippen molar-refractivity contribution in [3.05, 3.63) is 96.4 Å². The average Bonchev–Trinajstić information content (AvgIpc) is 3.42. The predicted molar refractivity (Wildman–Crippen MR) is 128 cm³/mol. The summed E-state index contributed by atoms with van der Waals surface area (Å²) in [7, 11) is 0. The Bertz CT molecular complexity index is 833. The van der Waals surface area contributed by atoms with Crippen molar-refractivity contribution in [2.75, 3.05) is 19.8 Å². The van der Waals surface area contributed by atoms with E-state index in [1.807, 2.05) is 29.4 Å². The molecule has 1 atom stereocenters. The van der Waals surface area contributed by atoms with E-state index in [9.17, 15) is 5.11 Å². The first-order valence-corrected chi connectivity index (χ1v) is 10.3. The number of aliphatic hydroxyl groups excluding tert-OH is 1. The van der Waals surface area contributed by atoms with Gasteiger partial charge in [0.15, 0.2) is 0 Å². The van der Waals surface area contributed by atoms with Crippen molar-refractivity contribution < 1.29 is 9.94 Å². The summed E-state index contributed by atoms with van der Waals surface area (Å²) in [4.78, 5) is 9.33. The monoisotopic (exact) mass is 423 g/mol. The lowest BCUT2D eigenvalue weighted by atomic mass is 10.1. The molecule has 0 radical (unpaired) electrons. The maximum Gasteiger partial charge on any atom is 0.116 e. The molecule has 0 bridgehead atoms. The fraction of sp³-hybridized carbons (Fsp3) is 0.292. The normalized spacial score (nSPS) is 21.6. The third kappa shape index (κ3) is 7.57. The van der Waals surface area contributed by atoms with Crippen LogP contribution in [0.3, 0.4) is 0 Å². The minimum absolute atomic E-state index is 0.158.